The molecule has 0 aliphatic carbocycles. The van der Waals surface area contributed by atoms with Crippen molar-refractivity contribution in [2.75, 3.05) is 40.6 Å². The molecular formula is C12H23NO3. The van der Waals surface area contributed by atoms with E-state index < -0.39 is 0 Å². The lowest BCUT2D eigenvalue weighted by atomic mass is 10.1. The molecule has 1 N–H and O–H groups in total. The van der Waals surface area contributed by atoms with Crippen LogP contribution >= 0.6 is 0 Å². The van der Waals surface area contributed by atoms with Crippen molar-refractivity contribution in [3.63, 3.8) is 0 Å². The van der Waals surface area contributed by atoms with Crippen molar-refractivity contribution in [3.05, 3.63) is 11.8 Å². The van der Waals surface area contributed by atoms with Gasteiger partial charge < -0.3 is 19.5 Å². The van der Waals surface area contributed by atoms with Crippen LogP contribution in [-0.2, 0) is 14.2 Å². The highest BCUT2D eigenvalue weighted by molar-refractivity contribution is 5.05. The number of likely N-dealkylation sites (N-methyl/N-ethyl adjacent to an activating group) is 1. The summed E-state index contributed by atoms with van der Waals surface area (Å²) >= 11 is 0. The molecule has 1 rings (SSSR count). The van der Waals surface area contributed by atoms with Crippen LogP contribution in [0.2, 0.25) is 0 Å². The average Bonchev–Trinajstić information content (AvgIpc) is 2.35. The minimum Gasteiger partial charge on any atom is -0.497 e. The second-order valence-corrected chi connectivity index (χ2v) is 3.83. The molecule has 0 amide bonds. The van der Waals surface area contributed by atoms with Gasteiger partial charge >= 0.3 is 0 Å². The second-order valence-electron chi connectivity index (χ2n) is 3.83. The Balaban J connectivity index is 2.18. The van der Waals surface area contributed by atoms with Crippen molar-refractivity contribution in [2.24, 2.45) is 0 Å². The topological polar surface area (TPSA) is 39.7 Å². The monoisotopic (exact) mass is 229 g/mol. The minimum atomic E-state index is 0.280. The summed E-state index contributed by atoms with van der Waals surface area (Å²) in [7, 11) is 3.64. The molecule has 1 aliphatic heterocycles. The number of rotatable bonds is 8. The molecule has 0 bridgehead atoms. The van der Waals surface area contributed by atoms with Crippen molar-refractivity contribution in [1.82, 2.24) is 5.32 Å². The van der Waals surface area contributed by atoms with E-state index in [4.69, 9.17) is 14.2 Å². The lowest BCUT2D eigenvalue weighted by Gasteiger charge is -2.23. The predicted molar refractivity (Wildman–Crippen MR) is 63.4 cm³/mol. The van der Waals surface area contributed by atoms with Gasteiger partial charge in [-0.2, -0.15) is 0 Å². The molecule has 0 fully saturated rings. The van der Waals surface area contributed by atoms with Crippen LogP contribution in [0.5, 0.6) is 0 Å². The lowest BCUT2D eigenvalue weighted by Crippen LogP contribution is -2.31. The molecule has 0 spiro atoms. The summed E-state index contributed by atoms with van der Waals surface area (Å²) in [4.78, 5) is 0. The van der Waals surface area contributed by atoms with E-state index in [0.717, 1.165) is 38.2 Å². The van der Waals surface area contributed by atoms with E-state index in [9.17, 15) is 0 Å². The molecular weight excluding hydrogens is 206 g/mol. The molecule has 1 unspecified atom stereocenters. The van der Waals surface area contributed by atoms with Crippen LogP contribution < -0.4 is 5.32 Å². The summed E-state index contributed by atoms with van der Waals surface area (Å²) in [5.41, 5.74) is 0. The van der Waals surface area contributed by atoms with Gasteiger partial charge in [-0.15, -0.1) is 0 Å². The SMILES string of the molecule is CNC(CCOCCOC)C1=CCCCO1. The first kappa shape index (κ1) is 13.5. The van der Waals surface area contributed by atoms with Crippen molar-refractivity contribution in [1.29, 1.82) is 0 Å². The van der Waals surface area contributed by atoms with Crippen molar-refractivity contribution in [3.8, 4) is 0 Å². The van der Waals surface area contributed by atoms with E-state index >= 15 is 0 Å². The summed E-state index contributed by atoms with van der Waals surface area (Å²) in [6, 6.07) is 0.280. The molecule has 1 aliphatic rings. The van der Waals surface area contributed by atoms with Crippen LogP contribution in [0.3, 0.4) is 0 Å². The zero-order valence-electron chi connectivity index (χ0n) is 10.3. The fourth-order valence-electron chi connectivity index (χ4n) is 1.69. The first-order chi connectivity index (χ1) is 7.88. The van der Waals surface area contributed by atoms with E-state index in [1.165, 1.54) is 0 Å². The smallest absolute Gasteiger partial charge is 0.109 e. The zero-order valence-corrected chi connectivity index (χ0v) is 10.3. The molecule has 0 aromatic rings. The van der Waals surface area contributed by atoms with Gasteiger partial charge in [0.15, 0.2) is 0 Å². The average molecular weight is 229 g/mol. The Bertz CT molecular complexity index is 206. The number of nitrogens with one attached hydrogen (secondary N) is 1. The predicted octanol–water partition coefficient (Wildman–Crippen LogP) is 1.32. The van der Waals surface area contributed by atoms with Gasteiger partial charge in [0.25, 0.3) is 0 Å². The van der Waals surface area contributed by atoms with Crippen molar-refractivity contribution >= 4 is 0 Å². The molecule has 94 valence electrons. The van der Waals surface area contributed by atoms with E-state index in [-0.39, 0.29) is 6.04 Å². The Kier molecular flexibility index (Phi) is 7.21. The summed E-state index contributed by atoms with van der Waals surface area (Å²) in [5, 5.41) is 3.26. The van der Waals surface area contributed by atoms with Crippen LogP contribution in [0.1, 0.15) is 19.3 Å². The molecule has 1 atom stereocenters. The molecule has 0 aromatic carbocycles. The highest BCUT2D eigenvalue weighted by Gasteiger charge is 2.15. The zero-order chi connectivity index (χ0) is 11.6. The number of ether oxygens (including phenoxy) is 3. The van der Waals surface area contributed by atoms with Crippen LogP contribution in [-0.4, -0.2) is 46.6 Å². The molecule has 4 heteroatoms. The lowest BCUT2D eigenvalue weighted by molar-refractivity contribution is 0.0633. The van der Waals surface area contributed by atoms with Gasteiger partial charge in [-0.25, -0.2) is 0 Å². The van der Waals surface area contributed by atoms with Crippen molar-refractivity contribution in [2.45, 2.75) is 25.3 Å². The van der Waals surface area contributed by atoms with Crippen LogP contribution in [0, 0.1) is 0 Å². The second kappa shape index (κ2) is 8.56. The highest BCUT2D eigenvalue weighted by atomic mass is 16.5. The summed E-state index contributed by atoms with van der Waals surface area (Å²) < 4.78 is 16.0. The summed E-state index contributed by atoms with van der Waals surface area (Å²) in [5.74, 6) is 1.07. The van der Waals surface area contributed by atoms with E-state index in [1.807, 2.05) is 7.05 Å². The van der Waals surface area contributed by atoms with E-state index in [2.05, 4.69) is 11.4 Å². The molecule has 0 aromatic heterocycles. The van der Waals surface area contributed by atoms with Gasteiger partial charge in [0, 0.05) is 13.7 Å². The number of methoxy groups -OCH3 is 1. The first-order valence-electron chi connectivity index (χ1n) is 5.95. The number of allylic oxidation sites excluding steroid dienone is 1. The van der Waals surface area contributed by atoms with Gasteiger partial charge in [-0.3, -0.25) is 0 Å². The van der Waals surface area contributed by atoms with Gasteiger partial charge in [0.1, 0.15) is 5.76 Å². The largest absolute Gasteiger partial charge is 0.497 e. The van der Waals surface area contributed by atoms with Crippen LogP contribution in [0.25, 0.3) is 0 Å². The third-order valence-corrected chi connectivity index (χ3v) is 2.64. The molecule has 4 nitrogen and oxygen atoms in total. The van der Waals surface area contributed by atoms with Crippen LogP contribution in [0.15, 0.2) is 11.8 Å². The Morgan fingerprint density at radius 1 is 1.44 bits per heavy atom. The van der Waals surface area contributed by atoms with Crippen molar-refractivity contribution < 1.29 is 14.2 Å². The number of hydrogen-bond donors (Lipinski definition) is 1. The maximum atomic E-state index is 5.63. The Hall–Kier alpha value is -0.580. The fourth-order valence-corrected chi connectivity index (χ4v) is 1.69. The summed E-state index contributed by atoms with van der Waals surface area (Å²) in [6.07, 6.45) is 5.37. The third-order valence-electron chi connectivity index (χ3n) is 2.64. The standard InChI is InChI=1S/C12H23NO3/c1-13-11(6-8-15-10-9-14-2)12-5-3-4-7-16-12/h5,11,13H,3-4,6-10H2,1-2H3. The Morgan fingerprint density at radius 2 is 2.31 bits per heavy atom. The fraction of sp³-hybridized carbons (Fsp3) is 0.833. The highest BCUT2D eigenvalue weighted by Crippen LogP contribution is 2.15. The minimum absolute atomic E-state index is 0.280. The quantitative estimate of drug-likeness (QED) is 0.637. The first-order valence-corrected chi connectivity index (χ1v) is 5.95. The molecule has 0 saturated heterocycles. The Labute approximate surface area is 97.9 Å². The summed E-state index contributed by atoms with van der Waals surface area (Å²) in [6.45, 7) is 2.89. The molecule has 16 heavy (non-hydrogen) atoms. The van der Waals surface area contributed by atoms with Gasteiger partial charge in [-0.1, -0.05) is 0 Å². The molecule has 0 saturated carbocycles. The normalized spacial score (nSPS) is 17.8. The maximum absolute atomic E-state index is 5.63. The van der Waals surface area contributed by atoms with Gasteiger partial charge in [-0.05, 0) is 32.4 Å². The van der Waals surface area contributed by atoms with E-state index in [1.54, 1.807) is 7.11 Å². The van der Waals surface area contributed by atoms with Gasteiger partial charge in [0.05, 0.1) is 25.9 Å². The molecule has 0 radical (unpaired) electrons. The van der Waals surface area contributed by atoms with E-state index in [0.29, 0.717) is 13.2 Å². The maximum Gasteiger partial charge on any atom is 0.109 e. The molecule has 1 heterocycles. The number of hydrogen-bond acceptors (Lipinski definition) is 4. The van der Waals surface area contributed by atoms with Gasteiger partial charge in [0.2, 0.25) is 0 Å². The third kappa shape index (κ3) is 4.96. The van der Waals surface area contributed by atoms with Crippen LogP contribution in [0.4, 0.5) is 0 Å². The Morgan fingerprint density at radius 3 is 2.94 bits per heavy atom.